The SMILES string of the molecule is Cc1ccnc(NC(=O)c2n[nH]c3ccncc23)c1. The number of nitrogens with one attached hydrogen (secondary N) is 2. The summed E-state index contributed by atoms with van der Waals surface area (Å²) in [6.07, 6.45) is 4.90. The van der Waals surface area contributed by atoms with E-state index in [0.29, 0.717) is 16.9 Å². The van der Waals surface area contributed by atoms with Crippen molar-refractivity contribution in [1.29, 1.82) is 0 Å². The van der Waals surface area contributed by atoms with Gasteiger partial charge in [0, 0.05) is 18.6 Å². The van der Waals surface area contributed by atoms with Crippen LogP contribution in [0, 0.1) is 6.92 Å². The number of fused-ring (bicyclic) bond motifs is 1. The summed E-state index contributed by atoms with van der Waals surface area (Å²) in [5.74, 6) is 0.197. The maximum Gasteiger partial charge on any atom is 0.278 e. The molecule has 94 valence electrons. The molecule has 0 spiro atoms. The Morgan fingerprint density at radius 2 is 2.21 bits per heavy atom. The number of carbonyl (C=O) groups is 1. The van der Waals surface area contributed by atoms with Crippen molar-refractivity contribution in [2.45, 2.75) is 6.92 Å². The van der Waals surface area contributed by atoms with E-state index in [2.05, 4.69) is 25.5 Å². The van der Waals surface area contributed by atoms with Crippen molar-refractivity contribution >= 4 is 22.6 Å². The standard InChI is InChI=1S/C13H11N5O/c1-8-2-5-15-11(6-8)16-13(19)12-9-7-14-4-3-10(9)17-18-12/h2-7H,1H3,(H,17,18)(H,15,16,19). The Labute approximate surface area is 108 Å². The molecule has 0 aliphatic heterocycles. The third kappa shape index (κ3) is 2.15. The first-order chi connectivity index (χ1) is 9.24. The van der Waals surface area contributed by atoms with Crippen molar-refractivity contribution in [3.8, 4) is 0 Å². The van der Waals surface area contributed by atoms with E-state index in [4.69, 9.17) is 0 Å². The molecule has 0 atom stereocenters. The number of aromatic amines is 1. The fourth-order valence-corrected chi connectivity index (χ4v) is 1.81. The highest BCUT2D eigenvalue weighted by Crippen LogP contribution is 2.15. The summed E-state index contributed by atoms with van der Waals surface area (Å²) in [5, 5.41) is 10.2. The van der Waals surface area contributed by atoms with Crippen LogP contribution >= 0.6 is 0 Å². The molecular formula is C13H11N5O. The Balaban J connectivity index is 1.92. The molecule has 0 saturated heterocycles. The van der Waals surface area contributed by atoms with Crippen LogP contribution in [-0.4, -0.2) is 26.1 Å². The minimum absolute atomic E-state index is 0.308. The number of hydrogen-bond acceptors (Lipinski definition) is 4. The smallest absolute Gasteiger partial charge is 0.278 e. The molecule has 3 rings (SSSR count). The van der Waals surface area contributed by atoms with Crippen LogP contribution in [0.1, 0.15) is 16.1 Å². The lowest BCUT2D eigenvalue weighted by Gasteiger charge is -2.02. The van der Waals surface area contributed by atoms with Crippen molar-refractivity contribution < 1.29 is 4.79 Å². The van der Waals surface area contributed by atoms with Crippen molar-refractivity contribution in [3.63, 3.8) is 0 Å². The van der Waals surface area contributed by atoms with E-state index >= 15 is 0 Å². The largest absolute Gasteiger partial charge is 0.305 e. The van der Waals surface area contributed by atoms with Crippen LogP contribution in [0.4, 0.5) is 5.82 Å². The molecule has 0 aliphatic carbocycles. The van der Waals surface area contributed by atoms with Crippen molar-refractivity contribution in [3.05, 3.63) is 48.0 Å². The molecule has 6 heteroatoms. The van der Waals surface area contributed by atoms with Crippen LogP contribution < -0.4 is 5.32 Å². The number of nitrogens with zero attached hydrogens (tertiary/aromatic N) is 3. The topological polar surface area (TPSA) is 83.6 Å². The number of aryl methyl sites for hydroxylation is 1. The number of H-pyrrole nitrogens is 1. The lowest BCUT2D eigenvalue weighted by molar-refractivity contribution is 0.102. The fraction of sp³-hybridized carbons (Fsp3) is 0.0769. The zero-order valence-corrected chi connectivity index (χ0v) is 10.2. The van der Waals surface area contributed by atoms with Crippen LogP contribution in [-0.2, 0) is 0 Å². The van der Waals surface area contributed by atoms with E-state index in [1.165, 1.54) is 0 Å². The van der Waals surface area contributed by atoms with E-state index in [-0.39, 0.29) is 5.91 Å². The quantitative estimate of drug-likeness (QED) is 0.730. The second kappa shape index (κ2) is 4.49. The second-order valence-electron chi connectivity index (χ2n) is 4.17. The highest BCUT2D eigenvalue weighted by molar-refractivity contribution is 6.10. The summed E-state index contributed by atoms with van der Waals surface area (Å²) < 4.78 is 0. The zero-order chi connectivity index (χ0) is 13.2. The molecule has 19 heavy (non-hydrogen) atoms. The van der Waals surface area contributed by atoms with Gasteiger partial charge >= 0.3 is 0 Å². The van der Waals surface area contributed by atoms with Crippen molar-refractivity contribution in [2.24, 2.45) is 0 Å². The van der Waals surface area contributed by atoms with Crippen molar-refractivity contribution in [1.82, 2.24) is 20.2 Å². The lowest BCUT2D eigenvalue weighted by Crippen LogP contribution is -2.13. The molecule has 0 unspecified atom stereocenters. The normalized spacial score (nSPS) is 10.6. The van der Waals surface area contributed by atoms with Gasteiger partial charge in [-0.15, -0.1) is 0 Å². The third-order valence-corrected chi connectivity index (χ3v) is 2.74. The first-order valence-electron chi connectivity index (χ1n) is 5.76. The third-order valence-electron chi connectivity index (χ3n) is 2.74. The molecule has 2 N–H and O–H groups in total. The first kappa shape index (κ1) is 11.3. The van der Waals surface area contributed by atoms with Gasteiger partial charge in [0.15, 0.2) is 5.69 Å². The van der Waals surface area contributed by atoms with Crippen LogP contribution in [0.3, 0.4) is 0 Å². The summed E-state index contributed by atoms with van der Waals surface area (Å²) in [6, 6.07) is 5.43. The molecular weight excluding hydrogens is 242 g/mol. The molecule has 6 nitrogen and oxygen atoms in total. The van der Waals surface area contributed by atoms with Gasteiger partial charge in [-0.25, -0.2) is 4.98 Å². The average Bonchev–Trinajstić information content (AvgIpc) is 2.82. The van der Waals surface area contributed by atoms with E-state index in [1.807, 2.05) is 13.0 Å². The molecule has 0 aliphatic rings. The number of pyridine rings is 2. The Morgan fingerprint density at radius 1 is 1.32 bits per heavy atom. The molecule has 0 bridgehead atoms. The summed E-state index contributed by atoms with van der Waals surface area (Å²) >= 11 is 0. The number of anilines is 1. The number of amides is 1. The summed E-state index contributed by atoms with van der Waals surface area (Å²) in [5.41, 5.74) is 2.11. The van der Waals surface area contributed by atoms with Gasteiger partial charge in [-0.05, 0) is 30.7 Å². The number of carbonyl (C=O) groups excluding carboxylic acids is 1. The predicted molar refractivity (Wildman–Crippen MR) is 70.8 cm³/mol. The minimum Gasteiger partial charge on any atom is -0.305 e. The average molecular weight is 253 g/mol. The summed E-state index contributed by atoms with van der Waals surface area (Å²) in [6.45, 7) is 1.94. The lowest BCUT2D eigenvalue weighted by atomic mass is 10.2. The number of hydrogen-bond donors (Lipinski definition) is 2. The Hall–Kier alpha value is -2.76. The van der Waals surface area contributed by atoms with Crippen LogP contribution in [0.5, 0.6) is 0 Å². The zero-order valence-electron chi connectivity index (χ0n) is 10.2. The number of rotatable bonds is 2. The Kier molecular flexibility index (Phi) is 2.68. The van der Waals surface area contributed by atoms with Gasteiger partial charge in [0.2, 0.25) is 0 Å². The maximum atomic E-state index is 12.1. The highest BCUT2D eigenvalue weighted by Gasteiger charge is 2.14. The van der Waals surface area contributed by atoms with Gasteiger partial charge in [-0.1, -0.05) is 0 Å². The van der Waals surface area contributed by atoms with E-state index in [0.717, 1.165) is 11.1 Å². The Bertz CT molecular complexity index is 749. The molecule has 1 amide bonds. The minimum atomic E-state index is -0.308. The van der Waals surface area contributed by atoms with Crippen molar-refractivity contribution in [2.75, 3.05) is 5.32 Å². The van der Waals surface area contributed by atoms with Crippen LogP contribution in [0.15, 0.2) is 36.8 Å². The molecule has 3 aromatic rings. The van der Waals surface area contributed by atoms with Gasteiger partial charge in [-0.3, -0.25) is 14.9 Å². The fourth-order valence-electron chi connectivity index (χ4n) is 1.81. The Morgan fingerprint density at radius 3 is 3.05 bits per heavy atom. The van der Waals surface area contributed by atoms with Gasteiger partial charge in [-0.2, -0.15) is 5.10 Å². The summed E-state index contributed by atoms with van der Waals surface area (Å²) in [4.78, 5) is 20.2. The van der Waals surface area contributed by atoms with Gasteiger partial charge in [0.25, 0.3) is 5.91 Å². The molecule has 0 radical (unpaired) electrons. The predicted octanol–water partition coefficient (Wildman–Crippen LogP) is 1.91. The van der Waals surface area contributed by atoms with E-state index in [9.17, 15) is 4.79 Å². The van der Waals surface area contributed by atoms with Gasteiger partial charge in [0.1, 0.15) is 5.82 Å². The molecule has 0 aromatic carbocycles. The summed E-state index contributed by atoms with van der Waals surface area (Å²) in [7, 11) is 0. The first-order valence-corrected chi connectivity index (χ1v) is 5.76. The molecule has 3 aromatic heterocycles. The maximum absolute atomic E-state index is 12.1. The van der Waals surface area contributed by atoms with E-state index in [1.54, 1.807) is 30.7 Å². The molecule has 3 heterocycles. The van der Waals surface area contributed by atoms with Gasteiger partial charge < -0.3 is 5.32 Å². The van der Waals surface area contributed by atoms with Crippen LogP contribution in [0.25, 0.3) is 10.9 Å². The number of aromatic nitrogens is 4. The molecule has 0 fully saturated rings. The van der Waals surface area contributed by atoms with Gasteiger partial charge in [0.05, 0.1) is 10.9 Å². The van der Waals surface area contributed by atoms with E-state index < -0.39 is 0 Å². The monoisotopic (exact) mass is 253 g/mol. The molecule has 0 saturated carbocycles. The van der Waals surface area contributed by atoms with Crippen LogP contribution in [0.2, 0.25) is 0 Å². The highest BCUT2D eigenvalue weighted by atomic mass is 16.2. The second-order valence-corrected chi connectivity index (χ2v) is 4.17.